The highest BCUT2D eigenvalue weighted by molar-refractivity contribution is 7.12. The van der Waals surface area contributed by atoms with Gasteiger partial charge < -0.3 is 15.0 Å². The molecule has 2 aromatic heterocycles. The molecule has 0 unspecified atom stereocenters. The monoisotopic (exact) mass is 265 g/mol. The highest BCUT2D eigenvalue weighted by atomic mass is 32.1. The minimum Gasteiger partial charge on any atom is -0.465 e. The molecule has 7 heteroatoms. The van der Waals surface area contributed by atoms with E-state index in [0.29, 0.717) is 16.3 Å². The van der Waals surface area contributed by atoms with Crippen molar-refractivity contribution < 1.29 is 14.3 Å². The van der Waals surface area contributed by atoms with E-state index in [1.54, 1.807) is 5.38 Å². The fraction of sp³-hybridized carbons (Fsp3) is 0.182. The molecule has 1 amide bonds. The number of aryl methyl sites for hydroxylation is 1. The Bertz CT molecular complexity index is 574. The molecule has 0 atom stereocenters. The molecule has 0 aromatic carbocycles. The van der Waals surface area contributed by atoms with Gasteiger partial charge in [0.2, 0.25) is 0 Å². The molecule has 0 saturated heterocycles. The summed E-state index contributed by atoms with van der Waals surface area (Å²) in [5, 5.41) is 4.46. The molecule has 94 valence electrons. The van der Waals surface area contributed by atoms with Gasteiger partial charge in [0.25, 0.3) is 5.91 Å². The number of imidazole rings is 1. The van der Waals surface area contributed by atoms with Gasteiger partial charge in [-0.05, 0) is 17.9 Å². The summed E-state index contributed by atoms with van der Waals surface area (Å²) in [6.07, 6.45) is 2.82. The third kappa shape index (κ3) is 2.25. The van der Waals surface area contributed by atoms with E-state index in [1.165, 1.54) is 31.0 Å². The zero-order valence-corrected chi connectivity index (χ0v) is 10.6. The highest BCUT2D eigenvalue weighted by Gasteiger charge is 2.19. The van der Waals surface area contributed by atoms with E-state index in [2.05, 4.69) is 20.0 Å². The number of hydrogen-bond donors (Lipinski definition) is 2. The number of aromatic nitrogens is 2. The van der Waals surface area contributed by atoms with E-state index < -0.39 is 5.97 Å². The first kappa shape index (κ1) is 12.3. The third-order valence-corrected chi connectivity index (χ3v) is 3.41. The zero-order valence-electron chi connectivity index (χ0n) is 9.81. The van der Waals surface area contributed by atoms with Crippen molar-refractivity contribution in [3.63, 3.8) is 0 Å². The molecule has 2 heterocycles. The van der Waals surface area contributed by atoms with Crippen molar-refractivity contribution in [3.05, 3.63) is 34.0 Å². The smallest absolute Gasteiger partial charge is 0.350 e. The quantitative estimate of drug-likeness (QED) is 0.829. The van der Waals surface area contributed by atoms with Crippen LogP contribution in [0.2, 0.25) is 0 Å². The van der Waals surface area contributed by atoms with Crippen molar-refractivity contribution >= 4 is 28.9 Å². The van der Waals surface area contributed by atoms with E-state index in [0.717, 1.165) is 5.56 Å². The summed E-state index contributed by atoms with van der Waals surface area (Å²) in [5.74, 6) is -0.813. The summed E-state index contributed by atoms with van der Waals surface area (Å²) in [4.78, 5) is 30.2. The Morgan fingerprint density at radius 1 is 1.50 bits per heavy atom. The number of carbonyl (C=O) groups is 2. The first-order valence-electron chi connectivity index (χ1n) is 5.09. The minimum atomic E-state index is -0.465. The van der Waals surface area contributed by atoms with Crippen LogP contribution in [0, 0.1) is 6.92 Å². The van der Waals surface area contributed by atoms with Crippen molar-refractivity contribution in [2.45, 2.75) is 6.92 Å². The third-order valence-electron chi connectivity index (χ3n) is 2.33. The SMILES string of the molecule is COC(=O)c1scc(C)c1NC(=O)c1cnc[nH]1. The molecular weight excluding hydrogens is 254 g/mol. The van der Waals surface area contributed by atoms with Crippen molar-refractivity contribution in [1.29, 1.82) is 0 Å². The van der Waals surface area contributed by atoms with Crippen LogP contribution in [0.25, 0.3) is 0 Å². The van der Waals surface area contributed by atoms with E-state index in [1.807, 2.05) is 6.92 Å². The van der Waals surface area contributed by atoms with Crippen LogP contribution in [0.4, 0.5) is 5.69 Å². The molecule has 0 aliphatic heterocycles. The van der Waals surface area contributed by atoms with Gasteiger partial charge in [-0.3, -0.25) is 4.79 Å². The van der Waals surface area contributed by atoms with Crippen LogP contribution >= 0.6 is 11.3 Å². The van der Waals surface area contributed by atoms with Gasteiger partial charge in [0.05, 0.1) is 25.3 Å². The normalized spacial score (nSPS) is 10.1. The molecule has 0 aliphatic carbocycles. The van der Waals surface area contributed by atoms with Crippen LogP contribution in [0.3, 0.4) is 0 Å². The van der Waals surface area contributed by atoms with Gasteiger partial charge in [0.15, 0.2) is 0 Å². The van der Waals surface area contributed by atoms with Gasteiger partial charge in [0, 0.05) is 0 Å². The summed E-state index contributed by atoms with van der Waals surface area (Å²) in [7, 11) is 1.30. The number of hydrogen-bond acceptors (Lipinski definition) is 5. The Balaban J connectivity index is 2.26. The first-order valence-corrected chi connectivity index (χ1v) is 5.97. The van der Waals surface area contributed by atoms with Gasteiger partial charge in [-0.25, -0.2) is 9.78 Å². The maximum absolute atomic E-state index is 11.9. The zero-order chi connectivity index (χ0) is 13.1. The van der Waals surface area contributed by atoms with Gasteiger partial charge in [-0.1, -0.05) is 0 Å². The molecule has 0 saturated carbocycles. The number of nitrogens with zero attached hydrogens (tertiary/aromatic N) is 1. The number of amides is 1. The number of anilines is 1. The molecule has 0 spiro atoms. The van der Waals surface area contributed by atoms with Gasteiger partial charge in [-0.2, -0.15) is 0 Å². The van der Waals surface area contributed by atoms with Crippen molar-refractivity contribution in [3.8, 4) is 0 Å². The fourth-order valence-electron chi connectivity index (χ4n) is 1.40. The standard InChI is InChI=1S/C11H11N3O3S/c1-6-4-18-9(11(16)17-2)8(6)14-10(15)7-3-12-5-13-7/h3-5H,1-2H3,(H,12,13)(H,14,15). The van der Waals surface area contributed by atoms with Crippen LogP contribution < -0.4 is 5.32 Å². The summed E-state index contributed by atoms with van der Waals surface area (Å²) in [6.45, 7) is 1.81. The van der Waals surface area contributed by atoms with E-state index in [9.17, 15) is 9.59 Å². The maximum Gasteiger partial charge on any atom is 0.350 e. The lowest BCUT2D eigenvalue weighted by atomic mass is 10.2. The van der Waals surface area contributed by atoms with Crippen LogP contribution in [-0.2, 0) is 4.74 Å². The number of H-pyrrole nitrogens is 1. The number of carbonyl (C=O) groups excluding carboxylic acids is 2. The number of aromatic amines is 1. The lowest BCUT2D eigenvalue weighted by molar-refractivity contribution is 0.0607. The summed E-state index contributed by atoms with van der Waals surface area (Å²) >= 11 is 1.23. The van der Waals surface area contributed by atoms with Crippen LogP contribution in [0.5, 0.6) is 0 Å². The predicted octanol–water partition coefficient (Wildman–Crippen LogP) is 1.82. The van der Waals surface area contributed by atoms with E-state index >= 15 is 0 Å². The lowest BCUT2D eigenvalue weighted by Gasteiger charge is -2.05. The van der Waals surface area contributed by atoms with E-state index in [4.69, 9.17) is 0 Å². The molecule has 2 rings (SSSR count). The Morgan fingerprint density at radius 2 is 2.28 bits per heavy atom. The largest absolute Gasteiger partial charge is 0.465 e. The fourth-order valence-corrected chi connectivity index (χ4v) is 2.33. The average molecular weight is 265 g/mol. The second kappa shape index (κ2) is 5.01. The molecule has 18 heavy (non-hydrogen) atoms. The predicted molar refractivity (Wildman–Crippen MR) is 66.9 cm³/mol. The van der Waals surface area contributed by atoms with Crippen molar-refractivity contribution in [2.24, 2.45) is 0 Å². The number of esters is 1. The van der Waals surface area contributed by atoms with Crippen molar-refractivity contribution in [1.82, 2.24) is 9.97 Å². The van der Waals surface area contributed by atoms with Gasteiger partial charge in [-0.15, -0.1) is 11.3 Å². The van der Waals surface area contributed by atoms with Crippen molar-refractivity contribution in [2.75, 3.05) is 12.4 Å². The molecule has 0 radical (unpaired) electrons. The minimum absolute atomic E-state index is 0.330. The number of nitrogens with one attached hydrogen (secondary N) is 2. The van der Waals surface area contributed by atoms with Gasteiger partial charge >= 0.3 is 5.97 Å². The molecule has 6 nitrogen and oxygen atoms in total. The first-order chi connectivity index (χ1) is 8.63. The Morgan fingerprint density at radius 3 is 2.89 bits per heavy atom. The Kier molecular flexibility index (Phi) is 3.42. The molecule has 0 bridgehead atoms. The molecule has 0 fully saturated rings. The summed E-state index contributed by atoms with van der Waals surface area (Å²) in [6, 6.07) is 0. The summed E-state index contributed by atoms with van der Waals surface area (Å²) in [5.41, 5.74) is 1.62. The summed E-state index contributed by atoms with van der Waals surface area (Å²) < 4.78 is 4.66. The number of ether oxygens (including phenoxy) is 1. The molecule has 2 aromatic rings. The van der Waals surface area contributed by atoms with E-state index in [-0.39, 0.29) is 5.91 Å². The van der Waals surface area contributed by atoms with Crippen LogP contribution in [-0.4, -0.2) is 29.0 Å². The molecular formula is C11H11N3O3S. The van der Waals surface area contributed by atoms with Gasteiger partial charge in [0.1, 0.15) is 10.6 Å². The second-order valence-corrected chi connectivity index (χ2v) is 4.41. The average Bonchev–Trinajstić information content (AvgIpc) is 2.99. The number of methoxy groups -OCH3 is 1. The van der Waals surface area contributed by atoms with Crippen LogP contribution in [0.1, 0.15) is 25.7 Å². The highest BCUT2D eigenvalue weighted by Crippen LogP contribution is 2.28. The Hall–Kier alpha value is -2.15. The number of rotatable bonds is 3. The lowest BCUT2D eigenvalue weighted by Crippen LogP contribution is -2.15. The molecule has 2 N–H and O–H groups in total. The van der Waals surface area contributed by atoms with Crippen LogP contribution in [0.15, 0.2) is 17.9 Å². The Labute approximate surface area is 107 Å². The topological polar surface area (TPSA) is 84.1 Å². The maximum atomic E-state index is 11.9. The number of thiophene rings is 1. The molecule has 0 aliphatic rings. The second-order valence-electron chi connectivity index (χ2n) is 3.53.